The Morgan fingerprint density at radius 3 is 2.36 bits per heavy atom. The first-order valence-electron chi connectivity index (χ1n) is 7.60. The Labute approximate surface area is 148 Å². The van der Waals surface area contributed by atoms with Crippen molar-refractivity contribution in [2.45, 2.75) is 19.8 Å². The minimum absolute atomic E-state index is 0.0172. The number of rotatable bonds is 7. The van der Waals surface area contributed by atoms with Crippen LogP contribution in [0.3, 0.4) is 0 Å². The smallest absolute Gasteiger partial charge is 0.306 e. The monoisotopic (exact) mass is 359 g/mol. The normalized spacial score (nSPS) is 10.1. The summed E-state index contributed by atoms with van der Waals surface area (Å²) in [5, 5.41) is 2.12. The maximum Gasteiger partial charge on any atom is 0.306 e. The van der Waals surface area contributed by atoms with E-state index >= 15 is 0 Å². The molecule has 1 heterocycles. The van der Waals surface area contributed by atoms with Gasteiger partial charge >= 0.3 is 5.97 Å². The Bertz CT molecular complexity index is 782. The minimum Gasteiger partial charge on any atom is -0.456 e. The van der Waals surface area contributed by atoms with Crippen molar-refractivity contribution in [1.29, 1.82) is 0 Å². The number of benzene rings is 1. The van der Waals surface area contributed by atoms with Crippen LogP contribution in [0.1, 0.15) is 37.7 Å². The van der Waals surface area contributed by atoms with Crippen molar-refractivity contribution < 1.29 is 23.9 Å². The molecule has 25 heavy (non-hydrogen) atoms. The van der Waals surface area contributed by atoms with Gasteiger partial charge in [-0.25, -0.2) is 0 Å². The quantitative estimate of drug-likeness (QED) is 0.606. The van der Waals surface area contributed by atoms with Crippen molar-refractivity contribution in [3.63, 3.8) is 0 Å². The van der Waals surface area contributed by atoms with Gasteiger partial charge in [-0.2, -0.15) is 0 Å². The summed E-state index contributed by atoms with van der Waals surface area (Å²) in [5.74, 6) is -2.09. The summed E-state index contributed by atoms with van der Waals surface area (Å²) < 4.78 is 4.78. The Hall–Kier alpha value is -2.80. The lowest BCUT2D eigenvalue weighted by molar-refractivity contribution is -0.148. The van der Waals surface area contributed by atoms with Crippen molar-refractivity contribution in [2.24, 2.45) is 0 Å². The van der Waals surface area contributed by atoms with Gasteiger partial charge in [0.1, 0.15) is 0 Å². The molecule has 0 spiro atoms. The molecule has 6 nitrogen and oxygen atoms in total. The van der Waals surface area contributed by atoms with Crippen LogP contribution < -0.4 is 5.32 Å². The summed E-state index contributed by atoms with van der Waals surface area (Å²) in [4.78, 5) is 48.5. The second-order valence-corrected chi connectivity index (χ2v) is 6.53. The largest absolute Gasteiger partial charge is 0.456 e. The van der Waals surface area contributed by atoms with E-state index in [0.29, 0.717) is 10.4 Å². The molecule has 0 unspecified atom stereocenters. The molecule has 0 aliphatic carbocycles. The number of nitrogens with one attached hydrogen (secondary N) is 1. The number of amides is 2. The fourth-order valence-corrected chi connectivity index (χ4v) is 2.80. The number of hydrogen-bond acceptors (Lipinski definition) is 6. The van der Waals surface area contributed by atoms with Crippen LogP contribution in [-0.2, 0) is 14.3 Å². The molecule has 0 saturated carbocycles. The third-order valence-electron chi connectivity index (χ3n) is 3.22. The lowest BCUT2D eigenvalue weighted by Crippen LogP contribution is -2.34. The predicted molar refractivity (Wildman–Crippen MR) is 92.5 cm³/mol. The number of esters is 1. The molecule has 0 atom stereocenters. The highest BCUT2D eigenvalue weighted by atomic mass is 32.1. The van der Waals surface area contributed by atoms with Crippen molar-refractivity contribution >= 4 is 34.9 Å². The molecule has 1 N–H and O–H groups in total. The van der Waals surface area contributed by atoms with Gasteiger partial charge in [0.05, 0.1) is 11.3 Å². The number of imide groups is 1. The molecule has 2 rings (SSSR count). The zero-order valence-corrected chi connectivity index (χ0v) is 14.4. The number of Topliss-reactive ketones (excluding diaryl/α,β-unsaturated/α-hetero) is 1. The Morgan fingerprint density at radius 1 is 1.00 bits per heavy atom. The first kappa shape index (κ1) is 18.5. The molecule has 7 heteroatoms. The van der Waals surface area contributed by atoms with Crippen LogP contribution in [-0.4, -0.2) is 30.2 Å². The first-order valence-corrected chi connectivity index (χ1v) is 8.42. The summed E-state index contributed by atoms with van der Waals surface area (Å²) in [6, 6.07) is 11.8. The van der Waals surface area contributed by atoms with Crippen LogP contribution >= 0.6 is 11.3 Å². The molecule has 0 bridgehead atoms. The number of ketones is 1. The van der Waals surface area contributed by atoms with E-state index in [-0.39, 0.29) is 18.6 Å². The third kappa shape index (κ3) is 5.96. The van der Waals surface area contributed by atoms with Crippen LogP contribution in [0.2, 0.25) is 0 Å². The molecular formula is C18H17NO5S. The van der Waals surface area contributed by atoms with Crippen molar-refractivity contribution in [3.05, 3.63) is 57.8 Å². The fourth-order valence-electron chi connectivity index (χ4n) is 1.97. The van der Waals surface area contributed by atoms with Gasteiger partial charge in [0.25, 0.3) is 11.8 Å². The molecule has 0 saturated heterocycles. The van der Waals surface area contributed by atoms with Crippen molar-refractivity contribution in [2.75, 3.05) is 6.61 Å². The number of carbonyl (C=O) groups excluding carboxylic acids is 4. The summed E-state index contributed by atoms with van der Waals surface area (Å²) in [6.45, 7) is 1.33. The van der Waals surface area contributed by atoms with Gasteiger partial charge in [0.2, 0.25) is 0 Å². The van der Waals surface area contributed by atoms with Crippen LogP contribution in [0, 0.1) is 6.92 Å². The zero-order chi connectivity index (χ0) is 18.2. The minimum atomic E-state index is -0.720. The SMILES string of the molecule is Cc1ccc(C(=O)CCC(=O)OCC(=O)NC(=O)c2ccccc2)s1. The van der Waals surface area contributed by atoms with Gasteiger partial charge in [-0.1, -0.05) is 18.2 Å². The number of thiophene rings is 1. The van der Waals surface area contributed by atoms with E-state index in [1.54, 1.807) is 36.4 Å². The molecule has 0 aliphatic heterocycles. The summed E-state index contributed by atoms with van der Waals surface area (Å²) in [6.07, 6.45) is -0.0982. The fraction of sp³-hybridized carbons (Fsp3) is 0.222. The standard InChI is InChI=1S/C18H17NO5S/c1-12-7-9-15(25-12)14(20)8-10-17(22)24-11-16(21)19-18(23)13-5-3-2-4-6-13/h2-7,9H,8,10-11H2,1H3,(H,19,21,23). The van der Waals surface area contributed by atoms with Crippen molar-refractivity contribution in [1.82, 2.24) is 5.32 Å². The number of aryl methyl sites for hydroxylation is 1. The Balaban J connectivity index is 1.70. The summed E-state index contributed by atoms with van der Waals surface area (Å²) in [5.41, 5.74) is 0.332. The molecule has 0 radical (unpaired) electrons. The molecule has 130 valence electrons. The third-order valence-corrected chi connectivity index (χ3v) is 4.27. The number of carbonyl (C=O) groups is 4. The molecule has 2 aromatic rings. The maximum absolute atomic E-state index is 11.9. The highest BCUT2D eigenvalue weighted by Crippen LogP contribution is 2.17. The van der Waals surface area contributed by atoms with Crippen LogP contribution in [0.5, 0.6) is 0 Å². The molecule has 1 aromatic heterocycles. The van der Waals surface area contributed by atoms with Crippen LogP contribution in [0.4, 0.5) is 0 Å². The number of ether oxygens (including phenoxy) is 1. The van der Waals surface area contributed by atoms with Crippen molar-refractivity contribution in [3.8, 4) is 0 Å². The zero-order valence-electron chi connectivity index (χ0n) is 13.6. The van der Waals surface area contributed by atoms with E-state index in [9.17, 15) is 19.2 Å². The molecule has 0 fully saturated rings. The Kier molecular flexibility index (Phi) is 6.59. The van der Waals surface area contributed by atoms with Gasteiger partial charge in [0, 0.05) is 16.9 Å². The van der Waals surface area contributed by atoms with E-state index in [0.717, 1.165) is 4.88 Å². The summed E-state index contributed by atoms with van der Waals surface area (Å²) >= 11 is 1.37. The lowest BCUT2D eigenvalue weighted by Gasteiger charge is -2.05. The predicted octanol–water partition coefficient (Wildman–Crippen LogP) is 2.52. The molecule has 0 aliphatic rings. The van der Waals surface area contributed by atoms with E-state index in [4.69, 9.17) is 4.74 Å². The van der Waals surface area contributed by atoms with Gasteiger partial charge in [-0.3, -0.25) is 24.5 Å². The Morgan fingerprint density at radius 2 is 1.72 bits per heavy atom. The van der Waals surface area contributed by atoms with Gasteiger partial charge in [-0.05, 0) is 31.2 Å². The van der Waals surface area contributed by atoms with E-state index in [1.807, 2.05) is 13.0 Å². The highest BCUT2D eigenvalue weighted by molar-refractivity contribution is 7.14. The number of hydrogen-bond donors (Lipinski definition) is 1. The highest BCUT2D eigenvalue weighted by Gasteiger charge is 2.14. The average Bonchev–Trinajstić information content (AvgIpc) is 3.05. The van der Waals surface area contributed by atoms with E-state index < -0.39 is 24.4 Å². The molecular weight excluding hydrogens is 342 g/mol. The van der Waals surface area contributed by atoms with Crippen LogP contribution in [0.25, 0.3) is 0 Å². The maximum atomic E-state index is 11.9. The topological polar surface area (TPSA) is 89.5 Å². The van der Waals surface area contributed by atoms with Gasteiger partial charge in [0.15, 0.2) is 12.4 Å². The first-order chi connectivity index (χ1) is 12.0. The average molecular weight is 359 g/mol. The molecule has 1 aromatic carbocycles. The van der Waals surface area contributed by atoms with Gasteiger partial charge in [-0.15, -0.1) is 11.3 Å². The second kappa shape index (κ2) is 8.89. The van der Waals surface area contributed by atoms with Crippen LogP contribution in [0.15, 0.2) is 42.5 Å². The van der Waals surface area contributed by atoms with E-state index in [2.05, 4.69) is 5.32 Å². The van der Waals surface area contributed by atoms with E-state index in [1.165, 1.54) is 11.3 Å². The second-order valence-electron chi connectivity index (χ2n) is 5.24. The summed E-state index contributed by atoms with van der Waals surface area (Å²) in [7, 11) is 0. The van der Waals surface area contributed by atoms with Gasteiger partial charge < -0.3 is 4.74 Å². The molecule has 2 amide bonds. The lowest BCUT2D eigenvalue weighted by atomic mass is 10.2.